The van der Waals surface area contributed by atoms with Gasteiger partial charge in [0.1, 0.15) is 6.10 Å². The third kappa shape index (κ3) is 3.72. The van der Waals surface area contributed by atoms with E-state index in [9.17, 15) is 4.53 Å². The summed E-state index contributed by atoms with van der Waals surface area (Å²) in [5.74, 6) is 0.357. The standard InChI is InChI=1S/C12H24FNO/c1-3-7-10(4-2)12(15-13)11-8-5-6-9-14-11/h10-12,14H,3-9H2,1-2H3. The lowest BCUT2D eigenvalue weighted by atomic mass is 9.86. The van der Waals surface area contributed by atoms with Crippen LogP contribution < -0.4 is 5.32 Å². The molecule has 90 valence electrons. The number of halogens is 1. The largest absolute Gasteiger partial charge is 0.311 e. The topological polar surface area (TPSA) is 21.3 Å². The predicted octanol–water partition coefficient (Wildman–Crippen LogP) is 3.22. The first kappa shape index (κ1) is 12.9. The minimum Gasteiger partial charge on any atom is -0.311 e. The monoisotopic (exact) mass is 217 g/mol. The molecule has 0 amide bonds. The molecule has 3 heteroatoms. The molecule has 0 bridgehead atoms. The molecule has 3 unspecified atom stereocenters. The molecule has 3 atom stereocenters. The van der Waals surface area contributed by atoms with Crippen molar-refractivity contribution >= 4 is 0 Å². The van der Waals surface area contributed by atoms with Gasteiger partial charge in [-0.25, -0.2) is 0 Å². The van der Waals surface area contributed by atoms with Crippen LogP contribution in [0.1, 0.15) is 52.4 Å². The fourth-order valence-electron chi connectivity index (χ4n) is 2.59. The summed E-state index contributed by atoms with van der Waals surface area (Å²) >= 11 is 0. The minimum absolute atomic E-state index is 0.222. The second-order valence-electron chi connectivity index (χ2n) is 4.57. The fraction of sp³-hybridized carbons (Fsp3) is 1.00. The second kappa shape index (κ2) is 7.18. The summed E-state index contributed by atoms with van der Waals surface area (Å²) in [7, 11) is 0. The summed E-state index contributed by atoms with van der Waals surface area (Å²) in [6.45, 7) is 5.27. The first-order valence-corrected chi connectivity index (χ1v) is 6.34. The van der Waals surface area contributed by atoms with Crippen LogP contribution in [-0.2, 0) is 4.94 Å². The fourth-order valence-corrected chi connectivity index (χ4v) is 2.59. The normalized spacial score (nSPS) is 26.2. The Hall–Kier alpha value is -0.150. The zero-order chi connectivity index (χ0) is 11.1. The van der Waals surface area contributed by atoms with Gasteiger partial charge in [-0.1, -0.05) is 33.1 Å². The van der Waals surface area contributed by atoms with Gasteiger partial charge < -0.3 is 5.32 Å². The van der Waals surface area contributed by atoms with Gasteiger partial charge in [0.2, 0.25) is 0 Å². The van der Waals surface area contributed by atoms with Crippen LogP contribution in [0.2, 0.25) is 0 Å². The van der Waals surface area contributed by atoms with E-state index in [0.29, 0.717) is 5.92 Å². The molecule has 1 fully saturated rings. The molecule has 1 heterocycles. The van der Waals surface area contributed by atoms with E-state index in [0.717, 1.165) is 32.2 Å². The van der Waals surface area contributed by atoms with Crippen LogP contribution in [0.25, 0.3) is 0 Å². The van der Waals surface area contributed by atoms with Gasteiger partial charge in [-0.15, -0.1) is 0 Å². The molecule has 0 saturated carbocycles. The Morgan fingerprint density at radius 2 is 2.20 bits per heavy atom. The highest BCUT2D eigenvalue weighted by Crippen LogP contribution is 2.25. The van der Waals surface area contributed by atoms with Gasteiger partial charge in [-0.2, -0.15) is 4.94 Å². The maximum Gasteiger partial charge on any atom is 0.116 e. The van der Waals surface area contributed by atoms with E-state index in [2.05, 4.69) is 24.1 Å². The number of piperidine rings is 1. The van der Waals surface area contributed by atoms with Crippen LogP contribution in [0.4, 0.5) is 4.53 Å². The molecule has 1 N–H and O–H groups in total. The van der Waals surface area contributed by atoms with Crippen molar-refractivity contribution in [2.75, 3.05) is 6.54 Å². The van der Waals surface area contributed by atoms with Crippen molar-refractivity contribution in [1.82, 2.24) is 5.32 Å². The summed E-state index contributed by atoms with van der Waals surface area (Å²) in [5.41, 5.74) is 0. The number of hydrogen-bond acceptors (Lipinski definition) is 2. The van der Waals surface area contributed by atoms with Crippen LogP contribution in [0.5, 0.6) is 0 Å². The molecular formula is C12H24FNO. The van der Waals surface area contributed by atoms with E-state index in [1.807, 2.05) is 0 Å². The summed E-state index contributed by atoms with van der Waals surface area (Å²) < 4.78 is 12.7. The zero-order valence-corrected chi connectivity index (χ0v) is 9.97. The Bertz CT molecular complexity index is 155. The first-order valence-electron chi connectivity index (χ1n) is 6.34. The van der Waals surface area contributed by atoms with Crippen molar-refractivity contribution in [3.05, 3.63) is 0 Å². The summed E-state index contributed by atoms with van der Waals surface area (Å²) in [6, 6.07) is 0.222. The molecule has 1 aliphatic rings. The highest BCUT2D eigenvalue weighted by Gasteiger charge is 2.30. The molecule has 0 aromatic carbocycles. The van der Waals surface area contributed by atoms with E-state index in [1.54, 1.807) is 0 Å². The van der Waals surface area contributed by atoms with Gasteiger partial charge in [0, 0.05) is 6.04 Å². The molecule has 1 saturated heterocycles. The molecule has 0 aliphatic carbocycles. The molecule has 15 heavy (non-hydrogen) atoms. The molecule has 0 aromatic heterocycles. The van der Waals surface area contributed by atoms with Crippen molar-refractivity contribution in [2.45, 2.75) is 64.5 Å². The Balaban J connectivity index is 2.50. The molecule has 1 aliphatic heterocycles. The van der Waals surface area contributed by atoms with Crippen molar-refractivity contribution in [3.8, 4) is 0 Å². The molecule has 1 rings (SSSR count). The van der Waals surface area contributed by atoms with Gasteiger partial charge in [0.15, 0.2) is 0 Å². The molecule has 0 radical (unpaired) electrons. The maximum absolute atomic E-state index is 12.7. The smallest absolute Gasteiger partial charge is 0.116 e. The third-order valence-corrected chi connectivity index (χ3v) is 3.50. The Kier molecular flexibility index (Phi) is 6.18. The van der Waals surface area contributed by atoms with Crippen molar-refractivity contribution in [1.29, 1.82) is 0 Å². The predicted molar refractivity (Wildman–Crippen MR) is 60.3 cm³/mol. The van der Waals surface area contributed by atoms with Crippen LogP contribution in [-0.4, -0.2) is 18.7 Å². The van der Waals surface area contributed by atoms with Gasteiger partial charge in [-0.3, -0.25) is 0 Å². The quantitative estimate of drug-likeness (QED) is 0.737. The average Bonchev–Trinajstić information content (AvgIpc) is 2.30. The highest BCUT2D eigenvalue weighted by atomic mass is 19.3. The molecular weight excluding hydrogens is 193 g/mol. The summed E-state index contributed by atoms with van der Waals surface area (Å²) in [5, 5.41) is 3.38. The van der Waals surface area contributed by atoms with Gasteiger partial charge in [0.25, 0.3) is 0 Å². The van der Waals surface area contributed by atoms with Crippen LogP contribution in [0.3, 0.4) is 0 Å². The second-order valence-corrected chi connectivity index (χ2v) is 4.57. The number of rotatable bonds is 6. The molecule has 0 aromatic rings. The maximum atomic E-state index is 12.7. The van der Waals surface area contributed by atoms with Crippen molar-refractivity contribution < 1.29 is 9.47 Å². The Labute approximate surface area is 92.5 Å². The van der Waals surface area contributed by atoms with Crippen LogP contribution >= 0.6 is 0 Å². The lowest BCUT2D eigenvalue weighted by molar-refractivity contribution is -0.208. The average molecular weight is 217 g/mol. The number of nitrogens with one attached hydrogen (secondary N) is 1. The number of hydrogen-bond donors (Lipinski definition) is 1. The SMILES string of the molecule is CCCC(CC)C(OF)C1CCCCN1. The molecule has 2 nitrogen and oxygen atoms in total. The molecule has 0 spiro atoms. The Morgan fingerprint density at radius 3 is 2.67 bits per heavy atom. The van der Waals surface area contributed by atoms with Crippen LogP contribution in [0, 0.1) is 5.92 Å². The third-order valence-electron chi connectivity index (χ3n) is 3.50. The van der Waals surface area contributed by atoms with E-state index < -0.39 is 0 Å². The lowest BCUT2D eigenvalue weighted by Gasteiger charge is -2.33. The highest BCUT2D eigenvalue weighted by molar-refractivity contribution is 4.84. The van der Waals surface area contributed by atoms with E-state index in [-0.39, 0.29) is 12.1 Å². The summed E-state index contributed by atoms with van der Waals surface area (Å²) in [6.07, 6.45) is 6.37. The van der Waals surface area contributed by atoms with Crippen molar-refractivity contribution in [2.24, 2.45) is 5.92 Å². The first-order chi connectivity index (χ1) is 7.33. The Morgan fingerprint density at radius 1 is 1.40 bits per heavy atom. The minimum atomic E-state index is -0.241. The van der Waals surface area contributed by atoms with E-state index >= 15 is 0 Å². The lowest BCUT2D eigenvalue weighted by Crippen LogP contribution is -2.46. The van der Waals surface area contributed by atoms with E-state index in [1.165, 1.54) is 12.8 Å². The van der Waals surface area contributed by atoms with Crippen LogP contribution in [0.15, 0.2) is 0 Å². The van der Waals surface area contributed by atoms with E-state index in [4.69, 9.17) is 0 Å². The van der Waals surface area contributed by atoms with Gasteiger partial charge >= 0.3 is 0 Å². The van der Waals surface area contributed by atoms with Crippen molar-refractivity contribution in [3.63, 3.8) is 0 Å². The summed E-state index contributed by atoms with van der Waals surface area (Å²) in [4.78, 5) is 4.23. The van der Waals surface area contributed by atoms with Gasteiger partial charge in [0.05, 0.1) is 0 Å². The van der Waals surface area contributed by atoms with Gasteiger partial charge in [-0.05, 0) is 36.3 Å². The zero-order valence-electron chi connectivity index (χ0n) is 9.97.